The fourth-order valence-electron chi connectivity index (χ4n) is 1.22. The topological polar surface area (TPSA) is 25.8 Å². The molecule has 2 aromatic heterocycles. The van der Waals surface area contributed by atoms with E-state index in [-0.39, 0.29) is 32.7 Å². The van der Waals surface area contributed by atoms with Crippen molar-refractivity contribution < 1.29 is 32.7 Å². The van der Waals surface area contributed by atoms with Gasteiger partial charge in [0.1, 0.15) is 0 Å². The summed E-state index contributed by atoms with van der Waals surface area (Å²) in [5, 5.41) is 0. The van der Waals surface area contributed by atoms with Gasteiger partial charge in [-0.2, -0.15) is 12.1 Å². The van der Waals surface area contributed by atoms with E-state index in [1.165, 1.54) is 0 Å². The molecular formula is C12H10N2Y-2. The molecule has 2 nitrogen and oxygen atoms in total. The van der Waals surface area contributed by atoms with Crippen molar-refractivity contribution in [2.75, 3.05) is 0 Å². The average Bonchev–Trinajstić information content (AvgIpc) is 2.18. The summed E-state index contributed by atoms with van der Waals surface area (Å²) < 4.78 is 0. The Morgan fingerprint density at radius 1 is 0.867 bits per heavy atom. The number of hydrogen-bond acceptors (Lipinski definition) is 2. The van der Waals surface area contributed by atoms with Crippen LogP contribution >= 0.6 is 0 Å². The van der Waals surface area contributed by atoms with E-state index in [1.54, 1.807) is 0 Å². The Morgan fingerprint density at radius 2 is 1.27 bits per heavy atom. The second kappa shape index (κ2) is 5.48. The van der Waals surface area contributed by atoms with E-state index in [4.69, 9.17) is 0 Å². The zero-order valence-corrected chi connectivity index (χ0v) is 11.6. The van der Waals surface area contributed by atoms with Gasteiger partial charge in [0.15, 0.2) is 0 Å². The summed E-state index contributed by atoms with van der Waals surface area (Å²) in [5.74, 6) is 0. The van der Waals surface area contributed by atoms with E-state index < -0.39 is 0 Å². The summed E-state index contributed by atoms with van der Waals surface area (Å²) in [4.78, 5) is 8.67. The Labute approximate surface area is 115 Å². The van der Waals surface area contributed by atoms with Crippen molar-refractivity contribution >= 4 is 0 Å². The van der Waals surface area contributed by atoms with Crippen molar-refractivity contribution in [1.29, 1.82) is 0 Å². The maximum atomic E-state index is 4.34. The second-order valence-corrected chi connectivity index (χ2v) is 3.16. The third-order valence-corrected chi connectivity index (χ3v) is 1.89. The molecule has 2 rings (SSSR count). The molecule has 0 N–H and O–H groups in total. The fourth-order valence-corrected chi connectivity index (χ4v) is 1.22. The summed E-state index contributed by atoms with van der Waals surface area (Å²) >= 11 is 0. The van der Waals surface area contributed by atoms with E-state index in [0.29, 0.717) is 0 Å². The molecular weight excluding hydrogens is 261 g/mol. The van der Waals surface area contributed by atoms with Gasteiger partial charge in [-0.05, 0) is 25.2 Å². The van der Waals surface area contributed by atoms with Gasteiger partial charge in [0.25, 0.3) is 0 Å². The van der Waals surface area contributed by atoms with Gasteiger partial charge in [-0.3, -0.25) is 0 Å². The van der Waals surface area contributed by atoms with Crippen LogP contribution in [-0.4, -0.2) is 9.97 Å². The van der Waals surface area contributed by atoms with Crippen LogP contribution in [-0.2, 0) is 32.7 Å². The third kappa shape index (κ3) is 3.18. The predicted molar refractivity (Wildman–Crippen MR) is 54.6 cm³/mol. The first-order valence-corrected chi connectivity index (χ1v) is 4.47. The molecule has 3 heteroatoms. The Bertz CT molecular complexity index is 411. The quantitative estimate of drug-likeness (QED) is 0.744. The third-order valence-electron chi connectivity index (χ3n) is 1.89. The summed E-state index contributed by atoms with van der Waals surface area (Å²) in [5.41, 5.74) is 3.45. The zero-order chi connectivity index (χ0) is 9.97. The predicted octanol–water partition coefficient (Wildman–Crippen LogP) is 2.36. The fraction of sp³-hybridized carbons (Fsp3) is 0.167. The monoisotopic (exact) mass is 271 g/mol. The van der Waals surface area contributed by atoms with Gasteiger partial charge < -0.3 is 9.97 Å². The van der Waals surface area contributed by atoms with Gasteiger partial charge in [0.2, 0.25) is 0 Å². The maximum absolute atomic E-state index is 4.34. The van der Waals surface area contributed by atoms with E-state index in [9.17, 15) is 0 Å². The Kier molecular flexibility index (Phi) is 4.55. The molecule has 0 atom stereocenters. The SMILES string of the molecule is Cc1cc[c-]c(-c2[c-]ccc(C)n2)n1.[Y]. The molecule has 0 saturated carbocycles. The second-order valence-electron chi connectivity index (χ2n) is 3.16. The number of hydrogen-bond donors (Lipinski definition) is 0. The van der Waals surface area contributed by atoms with Crippen molar-refractivity contribution in [2.45, 2.75) is 13.8 Å². The number of rotatable bonds is 1. The first-order chi connectivity index (χ1) is 6.75. The molecule has 0 unspecified atom stereocenters. The molecule has 0 saturated heterocycles. The molecule has 2 aromatic rings. The van der Waals surface area contributed by atoms with Crippen LogP contribution in [0.2, 0.25) is 0 Å². The summed E-state index contributed by atoms with van der Waals surface area (Å²) in [6, 6.07) is 13.6. The van der Waals surface area contributed by atoms with Crippen molar-refractivity contribution in [2.24, 2.45) is 0 Å². The van der Waals surface area contributed by atoms with Crippen LogP contribution in [0.3, 0.4) is 0 Å². The molecule has 0 bridgehead atoms. The molecule has 1 radical (unpaired) electrons. The Morgan fingerprint density at radius 3 is 1.60 bits per heavy atom. The standard InChI is InChI=1S/C12H10N2.Y/c1-9-5-3-7-11(13-9)12-8-4-6-10(2)14-12;/h3-6H,1-2H3;/q-2;. The number of pyridine rings is 2. The van der Waals surface area contributed by atoms with Gasteiger partial charge >= 0.3 is 0 Å². The smallest absolute Gasteiger partial charge is 0 e. The van der Waals surface area contributed by atoms with Crippen LogP contribution in [0.5, 0.6) is 0 Å². The van der Waals surface area contributed by atoms with E-state index in [2.05, 4.69) is 22.1 Å². The van der Waals surface area contributed by atoms with Crippen LogP contribution in [0, 0.1) is 26.0 Å². The maximum Gasteiger partial charge on any atom is 0 e. The van der Waals surface area contributed by atoms with Gasteiger partial charge in [0, 0.05) is 32.7 Å². The molecule has 2 heterocycles. The zero-order valence-electron chi connectivity index (χ0n) is 8.78. The number of aryl methyl sites for hydroxylation is 2. The van der Waals surface area contributed by atoms with Crippen LogP contribution in [0.1, 0.15) is 11.4 Å². The van der Waals surface area contributed by atoms with E-state index >= 15 is 0 Å². The molecule has 73 valence electrons. The van der Waals surface area contributed by atoms with Crippen LogP contribution in [0.25, 0.3) is 11.4 Å². The molecule has 0 aliphatic rings. The van der Waals surface area contributed by atoms with Crippen molar-refractivity contribution in [3.05, 3.63) is 47.8 Å². The van der Waals surface area contributed by atoms with Crippen molar-refractivity contribution in [3.8, 4) is 11.4 Å². The van der Waals surface area contributed by atoms with Gasteiger partial charge in [0.05, 0.1) is 0 Å². The molecule has 0 fully saturated rings. The molecule has 0 spiro atoms. The van der Waals surface area contributed by atoms with Crippen LogP contribution < -0.4 is 0 Å². The minimum atomic E-state index is 0. The van der Waals surface area contributed by atoms with Crippen LogP contribution in [0.15, 0.2) is 24.3 Å². The molecule has 0 amide bonds. The van der Waals surface area contributed by atoms with E-state index in [1.807, 2.05) is 38.1 Å². The molecule has 0 aromatic carbocycles. The Hall–Kier alpha value is -0.596. The summed E-state index contributed by atoms with van der Waals surface area (Å²) in [7, 11) is 0. The molecule has 0 aliphatic heterocycles. The van der Waals surface area contributed by atoms with E-state index in [0.717, 1.165) is 22.8 Å². The number of aromatic nitrogens is 2. The normalized spacial score (nSPS) is 9.47. The van der Waals surface area contributed by atoms with Crippen molar-refractivity contribution in [3.63, 3.8) is 0 Å². The minimum Gasteiger partial charge on any atom is -0.354 e. The largest absolute Gasteiger partial charge is 0.354 e. The minimum absolute atomic E-state index is 0. The number of nitrogens with zero attached hydrogens (tertiary/aromatic N) is 2. The Balaban J connectivity index is 0.00000112. The van der Waals surface area contributed by atoms with Gasteiger partial charge in [-0.25, -0.2) is 12.1 Å². The van der Waals surface area contributed by atoms with Crippen LogP contribution in [0.4, 0.5) is 0 Å². The van der Waals surface area contributed by atoms with Gasteiger partial charge in [-0.1, -0.05) is 0 Å². The molecule has 15 heavy (non-hydrogen) atoms. The summed E-state index contributed by atoms with van der Waals surface area (Å²) in [6.45, 7) is 3.90. The molecule has 0 aliphatic carbocycles. The average molecular weight is 271 g/mol. The summed E-state index contributed by atoms with van der Waals surface area (Å²) in [6.07, 6.45) is 0. The van der Waals surface area contributed by atoms with Gasteiger partial charge in [-0.15, -0.1) is 23.5 Å². The first kappa shape index (κ1) is 12.5. The van der Waals surface area contributed by atoms with Crippen molar-refractivity contribution in [1.82, 2.24) is 9.97 Å². The first-order valence-electron chi connectivity index (χ1n) is 4.47.